The molecule has 5 rings (SSSR count). The molecule has 4 aromatic rings. The number of hydrogen-bond donors (Lipinski definition) is 0. The van der Waals surface area contributed by atoms with Crippen LogP contribution in [0.2, 0.25) is 0 Å². The molecule has 0 saturated heterocycles. The molecule has 1 heteroatoms. The second-order valence-electron chi connectivity index (χ2n) is 7.35. The van der Waals surface area contributed by atoms with Gasteiger partial charge in [-0.1, -0.05) is 0 Å². The van der Waals surface area contributed by atoms with Gasteiger partial charge in [-0.25, -0.2) is 0 Å². The Morgan fingerprint density at radius 1 is 0.310 bits per heavy atom. The van der Waals surface area contributed by atoms with E-state index in [1.807, 2.05) is 0 Å². The van der Waals surface area contributed by atoms with Gasteiger partial charge in [0.25, 0.3) is 0 Å². The van der Waals surface area contributed by atoms with Gasteiger partial charge in [-0.05, 0) is 0 Å². The van der Waals surface area contributed by atoms with Crippen LogP contribution in [0.3, 0.4) is 0 Å². The van der Waals surface area contributed by atoms with Crippen LogP contribution in [0, 0.1) is 0 Å². The molecule has 1 heterocycles. The maximum absolute atomic E-state index is 2.28. The first-order chi connectivity index (χ1) is 14.4. The zero-order chi connectivity index (χ0) is 19.5. The van der Waals surface area contributed by atoms with Crippen molar-refractivity contribution in [1.29, 1.82) is 0 Å². The summed E-state index contributed by atoms with van der Waals surface area (Å²) in [6.07, 6.45) is 0. The number of rotatable bonds is 4. The van der Waals surface area contributed by atoms with Gasteiger partial charge in [-0.3, -0.25) is 0 Å². The van der Waals surface area contributed by atoms with E-state index in [-0.39, 0.29) is 0 Å². The fourth-order valence-corrected chi connectivity index (χ4v) is 9.20. The Bertz CT molecular complexity index is 1080. The van der Waals surface area contributed by atoms with Crippen LogP contribution < -0.4 is 0 Å². The van der Waals surface area contributed by atoms with E-state index < -0.39 is 15.4 Å². The van der Waals surface area contributed by atoms with Crippen LogP contribution in [0.5, 0.6) is 0 Å². The molecule has 1 aliphatic rings. The average Bonchev–Trinajstić information content (AvgIpc) is 3.22. The van der Waals surface area contributed by atoms with Crippen molar-refractivity contribution in [3.8, 4) is 0 Å². The van der Waals surface area contributed by atoms with Crippen molar-refractivity contribution in [2.45, 2.75) is 0 Å². The summed E-state index contributed by atoms with van der Waals surface area (Å²) in [6, 6.07) is 43.8. The van der Waals surface area contributed by atoms with Crippen molar-refractivity contribution in [2.75, 3.05) is 0 Å². The van der Waals surface area contributed by atoms with Crippen molar-refractivity contribution in [3.05, 3.63) is 144 Å². The molecular weight excluding hydrogens is 409 g/mol. The summed E-state index contributed by atoms with van der Waals surface area (Å²) in [4.78, 5) is 0. The molecule has 0 amide bonds. The van der Waals surface area contributed by atoms with Crippen molar-refractivity contribution >= 4 is 35.4 Å². The second-order valence-corrected chi connectivity index (χ2v) is 11.1. The minimum atomic E-state index is -1.20. The summed E-state index contributed by atoms with van der Waals surface area (Å²) in [6.45, 7) is 0. The van der Waals surface area contributed by atoms with E-state index in [0.29, 0.717) is 0 Å². The Kier molecular flexibility index (Phi) is 5.02. The monoisotopic (exact) mass is 432 g/mol. The fraction of sp³-hybridized carbons (Fsp3) is 0. The van der Waals surface area contributed by atoms with E-state index in [0.717, 1.165) is 0 Å². The zero-order valence-electron chi connectivity index (χ0n) is 16.3. The standard InChI is InChI=1S/C28H22Ge/c1-5-13-21(14-6-1)25-26(22-15-7-2-8-16-22)28(24-19-11-4-12-20-24)29-27(25)23-17-9-3-10-18-23/h1-20H,29H2. The molecule has 1 aliphatic heterocycles. The Balaban J connectivity index is 1.81. The number of hydrogen-bond acceptors (Lipinski definition) is 0. The predicted octanol–water partition coefficient (Wildman–Crippen LogP) is 6.31. The molecule has 0 saturated carbocycles. The van der Waals surface area contributed by atoms with Crippen molar-refractivity contribution in [2.24, 2.45) is 0 Å². The molecule has 29 heavy (non-hydrogen) atoms. The maximum atomic E-state index is 2.28. The van der Waals surface area contributed by atoms with Gasteiger partial charge in [0.2, 0.25) is 0 Å². The van der Waals surface area contributed by atoms with Crippen LogP contribution in [0.4, 0.5) is 0 Å². The summed E-state index contributed by atoms with van der Waals surface area (Å²) in [5.41, 5.74) is 8.27. The normalized spacial score (nSPS) is 13.8. The molecule has 0 aromatic heterocycles. The molecule has 0 N–H and O–H groups in total. The summed E-state index contributed by atoms with van der Waals surface area (Å²) in [5.74, 6) is 0. The van der Waals surface area contributed by atoms with Gasteiger partial charge in [0.15, 0.2) is 0 Å². The minimum absolute atomic E-state index is 1.20. The van der Waals surface area contributed by atoms with Gasteiger partial charge < -0.3 is 0 Å². The van der Waals surface area contributed by atoms with Crippen LogP contribution in [0.1, 0.15) is 22.3 Å². The van der Waals surface area contributed by atoms with Crippen molar-refractivity contribution in [1.82, 2.24) is 0 Å². The van der Waals surface area contributed by atoms with Crippen LogP contribution in [-0.4, -0.2) is 15.4 Å². The fourth-order valence-electron chi connectivity index (χ4n) is 4.27. The molecule has 0 bridgehead atoms. The molecule has 0 radical (unpaired) electrons. The van der Waals surface area contributed by atoms with Crippen molar-refractivity contribution in [3.63, 3.8) is 0 Å². The Morgan fingerprint density at radius 3 is 0.897 bits per heavy atom. The summed E-state index contributed by atoms with van der Waals surface area (Å²) >= 11 is -1.20. The Hall–Kier alpha value is -3.10. The quantitative estimate of drug-likeness (QED) is 0.333. The van der Waals surface area contributed by atoms with Crippen LogP contribution in [-0.2, 0) is 0 Å². The molecule has 0 aliphatic carbocycles. The van der Waals surface area contributed by atoms with Gasteiger partial charge in [-0.15, -0.1) is 0 Å². The number of benzene rings is 4. The molecule has 0 atom stereocenters. The van der Waals surface area contributed by atoms with E-state index in [9.17, 15) is 0 Å². The molecule has 0 unspecified atom stereocenters. The van der Waals surface area contributed by atoms with Gasteiger partial charge in [0.05, 0.1) is 0 Å². The molecule has 0 fully saturated rings. The van der Waals surface area contributed by atoms with Gasteiger partial charge in [-0.2, -0.15) is 0 Å². The Labute approximate surface area is 178 Å². The van der Waals surface area contributed by atoms with E-state index in [1.54, 1.807) is 8.81 Å². The zero-order valence-corrected chi connectivity index (χ0v) is 19.2. The van der Waals surface area contributed by atoms with Crippen LogP contribution in [0.15, 0.2) is 121 Å². The predicted molar refractivity (Wildman–Crippen MR) is 128 cm³/mol. The molecule has 0 nitrogen and oxygen atoms in total. The second kappa shape index (κ2) is 8.10. The molecule has 4 aromatic carbocycles. The van der Waals surface area contributed by atoms with Gasteiger partial charge in [0.1, 0.15) is 0 Å². The third-order valence-corrected chi connectivity index (χ3v) is 10.3. The summed E-state index contributed by atoms with van der Waals surface area (Å²) < 4.78 is 3.17. The average molecular weight is 431 g/mol. The Morgan fingerprint density at radius 2 is 0.586 bits per heavy atom. The molecule has 0 spiro atoms. The molecule has 138 valence electrons. The third-order valence-electron chi connectivity index (χ3n) is 5.58. The van der Waals surface area contributed by atoms with Crippen LogP contribution >= 0.6 is 0 Å². The summed E-state index contributed by atoms with van der Waals surface area (Å²) in [5, 5.41) is 0. The van der Waals surface area contributed by atoms with Gasteiger partial charge in [0, 0.05) is 0 Å². The SMILES string of the molecule is c1ccc([C]2=C(c3ccccc3)C(c3ccccc3)=[C](c3ccccc3)[GeH2]2)cc1. The van der Waals surface area contributed by atoms with E-state index in [1.165, 1.54) is 33.4 Å². The topological polar surface area (TPSA) is 0 Å². The molecular formula is C28H22Ge. The first-order valence-electron chi connectivity index (χ1n) is 10.1. The first-order valence-corrected chi connectivity index (χ1v) is 13.1. The number of allylic oxidation sites excluding steroid dienone is 2. The third kappa shape index (κ3) is 3.52. The van der Waals surface area contributed by atoms with Gasteiger partial charge >= 0.3 is 179 Å². The van der Waals surface area contributed by atoms with E-state index >= 15 is 0 Å². The van der Waals surface area contributed by atoms with E-state index in [4.69, 9.17) is 0 Å². The van der Waals surface area contributed by atoms with Crippen molar-refractivity contribution < 1.29 is 0 Å². The summed E-state index contributed by atoms with van der Waals surface area (Å²) in [7, 11) is 0. The van der Waals surface area contributed by atoms with Crippen LogP contribution in [0.25, 0.3) is 20.0 Å². The van der Waals surface area contributed by atoms with E-state index in [2.05, 4.69) is 121 Å². The first kappa shape index (κ1) is 18.0.